The lowest BCUT2D eigenvalue weighted by Crippen LogP contribution is -2.33. The Hall–Kier alpha value is -1.98. The molecular formula is C20H24O4S. The van der Waals surface area contributed by atoms with Crippen molar-refractivity contribution in [2.75, 3.05) is 7.11 Å². The molecule has 0 saturated carbocycles. The van der Waals surface area contributed by atoms with Crippen molar-refractivity contribution in [2.45, 2.75) is 40.2 Å². The highest BCUT2D eigenvalue weighted by Crippen LogP contribution is 2.44. The number of rotatable bonds is 6. The molecule has 0 aliphatic rings. The van der Waals surface area contributed by atoms with Gasteiger partial charge in [0.1, 0.15) is 0 Å². The molecule has 1 aromatic heterocycles. The number of hydrogen-bond acceptors (Lipinski definition) is 5. The summed E-state index contributed by atoms with van der Waals surface area (Å²) in [6, 6.07) is 9.54. The minimum atomic E-state index is -0.824. The summed E-state index contributed by atoms with van der Waals surface area (Å²) in [5.74, 6) is -0.587. The van der Waals surface area contributed by atoms with Crippen LogP contribution < -0.4 is 0 Å². The molecular weight excluding hydrogens is 336 g/mol. The number of aryl methyl sites for hydroxylation is 1. The van der Waals surface area contributed by atoms with Crippen molar-refractivity contribution in [1.29, 1.82) is 0 Å². The van der Waals surface area contributed by atoms with Crippen molar-refractivity contribution in [3.8, 4) is 0 Å². The highest BCUT2D eigenvalue weighted by molar-refractivity contribution is 7.14. The Labute approximate surface area is 152 Å². The SMILES string of the molecule is COC(=O)C(C)(C)C(c1ccc(C)c(CO)c1)c1ccc(C(C)=O)s1. The van der Waals surface area contributed by atoms with E-state index in [0.717, 1.165) is 21.6 Å². The number of carbonyl (C=O) groups excluding carboxylic acids is 2. The first kappa shape index (κ1) is 19.3. The Morgan fingerprint density at radius 3 is 2.44 bits per heavy atom. The molecule has 134 valence electrons. The van der Waals surface area contributed by atoms with Crippen LogP contribution in [0.15, 0.2) is 30.3 Å². The smallest absolute Gasteiger partial charge is 0.312 e. The molecule has 0 radical (unpaired) electrons. The number of thiophene rings is 1. The summed E-state index contributed by atoms with van der Waals surface area (Å²) in [5.41, 5.74) is 1.92. The third kappa shape index (κ3) is 3.83. The zero-order chi connectivity index (χ0) is 18.8. The molecule has 25 heavy (non-hydrogen) atoms. The second kappa shape index (κ2) is 7.50. The highest BCUT2D eigenvalue weighted by atomic mass is 32.1. The van der Waals surface area contributed by atoms with Gasteiger partial charge in [0.25, 0.3) is 0 Å². The molecule has 0 fully saturated rings. The summed E-state index contributed by atoms with van der Waals surface area (Å²) in [7, 11) is 1.38. The minimum absolute atomic E-state index is 0.00540. The zero-order valence-corrected chi connectivity index (χ0v) is 16.1. The average molecular weight is 360 g/mol. The Morgan fingerprint density at radius 1 is 1.24 bits per heavy atom. The second-order valence-electron chi connectivity index (χ2n) is 6.75. The van der Waals surface area contributed by atoms with E-state index in [9.17, 15) is 14.7 Å². The van der Waals surface area contributed by atoms with E-state index in [1.165, 1.54) is 25.4 Å². The van der Waals surface area contributed by atoms with Crippen LogP contribution in [0.1, 0.15) is 57.9 Å². The van der Waals surface area contributed by atoms with Crippen LogP contribution >= 0.6 is 11.3 Å². The van der Waals surface area contributed by atoms with Crippen molar-refractivity contribution in [2.24, 2.45) is 5.41 Å². The number of Topliss-reactive ketones (excluding diaryl/α,β-unsaturated/α-hetero) is 1. The molecule has 0 amide bonds. The lowest BCUT2D eigenvalue weighted by Gasteiger charge is -2.32. The van der Waals surface area contributed by atoms with Gasteiger partial charge in [-0.25, -0.2) is 0 Å². The predicted octanol–water partition coefficient (Wildman–Crippen LogP) is 4.08. The number of methoxy groups -OCH3 is 1. The van der Waals surface area contributed by atoms with Gasteiger partial charge in [-0.2, -0.15) is 0 Å². The normalized spacial score (nSPS) is 12.7. The first-order valence-corrected chi connectivity index (χ1v) is 8.93. The number of aliphatic hydroxyl groups is 1. The molecule has 2 rings (SSSR count). The van der Waals surface area contributed by atoms with Gasteiger partial charge in [-0.3, -0.25) is 9.59 Å². The lowest BCUT2D eigenvalue weighted by atomic mass is 9.73. The van der Waals surface area contributed by atoms with E-state index in [0.29, 0.717) is 4.88 Å². The van der Waals surface area contributed by atoms with Crippen LogP contribution in [0, 0.1) is 12.3 Å². The fourth-order valence-corrected chi connectivity index (χ4v) is 4.27. The first-order valence-electron chi connectivity index (χ1n) is 8.11. The molecule has 2 aromatic rings. The number of benzene rings is 1. The summed E-state index contributed by atoms with van der Waals surface area (Å²) >= 11 is 1.40. The van der Waals surface area contributed by atoms with Crippen molar-refractivity contribution in [1.82, 2.24) is 0 Å². The maximum atomic E-state index is 12.4. The Morgan fingerprint density at radius 2 is 1.92 bits per heavy atom. The largest absolute Gasteiger partial charge is 0.469 e. The zero-order valence-electron chi connectivity index (χ0n) is 15.3. The van der Waals surface area contributed by atoms with Gasteiger partial charge in [0, 0.05) is 10.8 Å². The number of aliphatic hydroxyl groups excluding tert-OH is 1. The molecule has 0 spiro atoms. The predicted molar refractivity (Wildman–Crippen MR) is 99.1 cm³/mol. The van der Waals surface area contributed by atoms with Crippen molar-refractivity contribution in [3.05, 3.63) is 56.8 Å². The molecule has 1 unspecified atom stereocenters. The van der Waals surface area contributed by atoms with Crippen LogP contribution in [0.2, 0.25) is 0 Å². The van der Waals surface area contributed by atoms with Crippen LogP contribution in [0.4, 0.5) is 0 Å². The van der Waals surface area contributed by atoms with Gasteiger partial charge in [0.05, 0.1) is 24.0 Å². The van der Waals surface area contributed by atoms with E-state index >= 15 is 0 Å². The standard InChI is InChI=1S/C20H24O4S/c1-12-6-7-14(10-15(12)11-21)18(20(3,4)19(23)24-5)17-9-8-16(25-17)13(2)22/h6-10,18,21H,11H2,1-5H3. The molecule has 0 aliphatic carbocycles. The number of ketones is 1. The van der Waals surface area contributed by atoms with Crippen LogP contribution in [0.25, 0.3) is 0 Å². The molecule has 1 N–H and O–H groups in total. The summed E-state index contributed by atoms with van der Waals surface area (Å²) < 4.78 is 5.02. The summed E-state index contributed by atoms with van der Waals surface area (Å²) in [5, 5.41) is 9.60. The molecule has 0 aliphatic heterocycles. The van der Waals surface area contributed by atoms with Crippen LogP contribution in [0.5, 0.6) is 0 Å². The van der Waals surface area contributed by atoms with E-state index in [1.54, 1.807) is 6.07 Å². The lowest BCUT2D eigenvalue weighted by molar-refractivity contribution is -0.151. The fourth-order valence-electron chi connectivity index (χ4n) is 3.06. The first-order chi connectivity index (χ1) is 11.7. The number of carbonyl (C=O) groups is 2. The van der Waals surface area contributed by atoms with Crippen molar-refractivity contribution in [3.63, 3.8) is 0 Å². The van der Waals surface area contributed by atoms with E-state index in [1.807, 2.05) is 45.0 Å². The van der Waals surface area contributed by atoms with Crippen molar-refractivity contribution >= 4 is 23.1 Å². The topological polar surface area (TPSA) is 63.6 Å². The molecule has 1 heterocycles. The third-order valence-electron chi connectivity index (χ3n) is 4.57. The van der Waals surface area contributed by atoms with Gasteiger partial charge in [-0.05, 0) is 56.5 Å². The molecule has 5 heteroatoms. The van der Waals surface area contributed by atoms with E-state index in [4.69, 9.17) is 4.74 Å². The fraction of sp³-hybridized carbons (Fsp3) is 0.400. The molecule has 0 saturated heterocycles. The van der Waals surface area contributed by atoms with Gasteiger partial charge < -0.3 is 9.84 Å². The van der Waals surface area contributed by atoms with Gasteiger partial charge in [-0.15, -0.1) is 11.3 Å². The van der Waals surface area contributed by atoms with Gasteiger partial charge in [-0.1, -0.05) is 18.2 Å². The minimum Gasteiger partial charge on any atom is -0.469 e. The Bertz CT molecular complexity index is 789. The maximum Gasteiger partial charge on any atom is 0.312 e. The molecule has 1 atom stereocenters. The molecule has 0 bridgehead atoms. The van der Waals surface area contributed by atoms with Crippen LogP contribution in [0.3, 0.4) is 0 Å². The van der Waals surface area contributed by atoms with Crippen molar-refractivity contribution < 1.29 is 19.4 Å². The van der Waals surface area contributed by atoms with Gasteiger partial charge >= 0.3 is 5.97 Å². The van der Waals surface area contributed by atoms with E-state index < -0.39 is 5.41 Å². The van der Waals surface area contributed by atoms with Gasteiger partial charge in [0.2, 0.25) is 0 Å². The third-order valence-corrected chi connectivity index (χ3v) is 5.82. The van der Waals surface area contributed by atoms with Gasteiger partial charge in [0.15, 0.2) is 5.78 Å². The Kier molecular flexibility index (Phi) is 5.80. The van der Waals surface area contributed by atoms with Crippen LogP contribution in [-0.4, -0.2) is 24.0 Å². The summed E-state index contributed by atoms with van der Waals surface area (Å²) in [6.07, 6.45) is 0. The highest BCUT2D eigenvalue weighted by Gasteiger charge is 2.41. The molecule has 4 nitrogen and oxygen atoms in total. The second-order valence-corrected chi connectivity index (χ2v) is 7.86. The summed E-state index contributed by atoms with van der Waals surface area (Å²) in [4.78, 5) is 25.7. The van der Waals surface area contributed by atoms with E-state index in [2.05, 4.69) is 0 Å². The Balaban J connectivity index is 2.63. The number of hydrogen-bond donors (Lipinski definition) is 1. The van der Waals surface area contributed by atoms with Crippen LogP contribution in [-0.2, 0) is 16.1 Å². The number of ether oxygens (including phenoxy) is 1. The van der Waals surface area contributed by atoms with E-state index in [-0.39, 0.29) is 24.3 Å². The number of esters is 1. The average Bonchev–Trinajstić information content (AvgIpc) is 3.05. The monoisotopic (exact) mass is 360 g/mol. The quantitative estimate of drug-likeness (QED) is 0.623. The maximum absolute atomic E-state index is 12.4. The molecule has 1 aromatic carbocycles. The summed E-state index contributed by atoms with van der Waals surface area (Å²) in [6.45, 7) is 7.10.